The number of carbonyl (C=O) groups is 1. The summed E-state index contributed by atoms with van der Waals surface area (Å²) in [4.78, 5) is 33.4. The lowest BCUT2D eigenvalue weighted by Gasteiger charge is -2.30. The Balaban J connectivity index is 2.24. The van der Waals surface area contributed by atoms with Gasteiger partial charge in [0.2, 0.25) is 5.91 Å². The first-order valence-corrected chi connectivity index (χ1v) is 11.3. The van der Waals surface area contributed by atoms with Gasteiger partial charge >= 0.3 is 0 Å². The first kappa shape index (κ1) is 22.7. The van der Waals surface area contributed by atoms with Crippen molar-refractivity contribution >= 4 is 16.8 Å². The summed E-state index contributed by atoms with van der Waals surface area (Å²) < 4.78 is 1.69. The SMILES string of the molecule is CCCCN(C(=O)CCC)C(C)c1nc2ccccc2c(=O)n1-c1ccc(C)c(C)c1. The lowest BCUT2D eigenvalue weighted by molar-refractivity contribution is -0.133. The standard InChI is InChI=1S/C26H33N3O2/c1-6-8-16-28(24(30)11-7-2)20(5)25-27-23-13-10-9-12-22(23)26(31)29(25)21-15-14-18(3)19(4)17-21/h9-10,12-15,17,20H,6-8,11,16H2,1-5H3. The molecule has 1 aromatic heterocycles. The molecule has 5 heteroatoms. The second-order valence-corrected chi connectivity index (χ2v) is 8.26. The van der Waals surface area contributed by atoms with Crippen molar-refractivity contribution in [2.75, 3.05) is 6.54 Å². The number of fused-ring (bicyclic) bond motifs is 1. The van der Waals surface area contributed by atoms with Crippen molar-refractivity contribution in [3.63, 3.8) is 0 Å². The summed E-state index contributed by atoms with van der Waals surface area (Å²) >= 11 is 0. The Morgan fingerprint density at radius 3 is 2.48 bits per heavy atom. The maximum atomic E-state index is 13.6. The zero-order valence-electron chi connectivity index (χ0n) is 19.3. The average molecular weight is 420 g/mol. The number of hydrogen-bond acceptors (Lipinski definition) is 3. The monoisotopic (exact) mass is 419 g/mol. The van der Waals surface area contributed by atoms with E-state index in [1.807, 2.05) is 68.1 Å². The molecule has 0 fully saturated rings. The van der Waals surface area contributed by atoms with Gasteiger partial charge in [-0.25, -0.2) is 4.98 Å². The molecule has 1 amide bonds. The summed E-state index contributed by atoms with van der Waals surface area (Å²) in [6, 6.07) is 13.1. The van der Waals surface area contributed by atoms with E-state index >= 15 is 0 Å². The molecule has 0 aliphatic carbocycles. The van der Waals surface area contributed by atoms with Gasteiger partial charge in [0.15, 0.2) is 0 Å². The van der Waals surface area contributed by atoms with Gasteiger partial charge in [0.1, 0.15) is 5.82 Å². The third-order valence-electron chi connectivity index (χ3n) is 5.93. The topological polar surface area (TPSA) is 55.2 Å². The van der Waals surface area contributed by atoms with E-state index < -0.39 is 0 Å². The van der Waals surface area contributed by atoms with Crippen LogP contribution in [0, 0.1) is 13.8 Å². The molecule has 164 valence electrons. The molecule has 0 saturated carbocycles. The normalized spacial score (nSPS) is 12.2. The maximum absolute atomic E-state index is 13.6. The van der Waals surface area contributed by atoms with Crippen LogP contribution in [-0.2, 0) is 4.79 Å². The lowest BCUT2D eigenvalue weighted by Crippen LogP contribution is -2.38. The van der Waals surface area contributed by atoms with E-state index in [4.69, 9.17) is 4.98 Å². The van der Waals surface area contributed by atoms with E-state index in [2.05, 4.69) is 13.8 Å². The van der Waals surface area contributed by atoms with Crippen LogP contribution in [0.25, 0.3) is 16.6 Å². The summed E-state index contributed by atoms with van der Waals surface area (Å²) in [5.74, 6) is 0.713. The average Bonchev–Trinajstić information content (AvgIpc) is 2.76. The van der Waals surface area contributed by atoms with Gasteiger partial charge in [0.25, 0.3) is 5.56 Å². The van der Waals surface area contributed by atoms with E-state index in [-0.39, 0.29) is 17.5 Å². The Morgan fingerprint density at radius 2 is 1.81 bits per heavy atom. The third kappa shape index (κ3) is 4.71. The molecule has 1 atom stereocenters. The van der Waals surface area contributed by atoms with Gasteiger partial charge in [-0.3, -0.25) is 14.2 Å². The number of aromatic nitrogens is 2. The van der Waals surface area contributed by atoms with Crippen LogP contribution >= 0.6 is 0 Å². The molecule has 2 aromatic carbocycles. The van der Waals surface area contributed by atoms with E-state index in [9.17, 15) is 9.59 Å². The molecular weight excluding hydrogens is 386 g/mol. The number of hydrogen-bond donors (Lipinski definition) is 0. The van der Waals surface area contributed by atoms with E-state index in [0.717, 1.165) is 30.5 Å². The molecule has 0 aliphatic heterocycles. The number of benzene rings is 2. The molecular formula is C26H33N3O2. The van der Waals surface area contributed by atoms with Crippen molar-refractivity contribution in [3.05, 3.63) is 69.8 Å². The number of para-hydroxylation sites is 1. The highest BCUT2D eigenvalue weighted by molar-refractivity contribution is 5.79. The Hall–Kier alpha value is -2.95. The van der Waals surface area contributed by atoms with Crippen molar-refractivity contribution in [2.45, 2.75) is 66.3 Å². The van der Waals surface area contributed by atoms with Gasteiger partial charge in [0.05, 0.1) is 22.6 Å². The Kier molecular flexibility index (Phi) is 7.26. The summed E-state index contributed by atoms with van der Waals surface area (Å²) in [7, 11) is 0. The van der Waals surface area contributed by atoms with Gasteiger partial charge in [0, 0.05) is 13.0 Å². The zero-order chi connectivity index (χ0) is 22.5. The number of carbonyl (C=O) groups excluding carboxylic acids is 1. The highest BCUT2D eigenvalue weighted by Gasteiger charge is 2.26. The van der Waals surface area contributed by atoms with Crippen LogP contribution in [0.5, 0.6) is 0 Å². The van der Waals surface area contributed by atoms with Crippen LogP contribution in [0.2, 0.25) is 0 Å². The number of rotatable bonds is 8. The Morgan fingerprint density at radius 1 is 1.06 bits per heavy atom. The van der Waals surface area contributed by atoms with Gasteiger partial charge in [-0.2, -0.15) is 0 Å². The Labute approximate surface area is 184 Å². The van der Waals surface area contributed by atoms with Crippen molar-refractivity contribution in [2.24, 2.45) is 0 Å². The second-order valence-electron chi connectivity index (χ2n) is 8.26. The van der Waals surface area contributed by atoms with Gasteiger partial charge in [-0.15, -0.1) is 0 Å². The van der Waals surface area contributed by atoms with Gasteiger partial charge in [-0.05, 0) is 69.0 Å². The van der Waals surface area contributed by atoms with Crippen LogP contribution in [0.1, 0.15) is 69.4 Å². The van der Waals surface area contributed by atoms with Gasteiger partial charge < -0.3 is 4.90 Å². The fourth-order valence-electron chi connectivity index (χ4n) is 3.90. The molecule has 3 rings (SSSR count). The van der Waals surface area contributed by atoms with Crippen molar-refractivity contribution in [1.82, 2.24) is 14.5 Å². The molecule has 1 unspecified atom stereocenters. The van der Waals surface area contributed by atoms with Crippen LogP contribution in [-0.4, -0.2) is 26.9 Å². The number of nitrogens with zero attached hydrogens (tertiary/aromatic N) is 3. The predicted octanol–water partition coefficient (Wildman–Crippen LogP) is 5.49. The fraction of sp³-hybridized carbons (Fsp3) is 0.423. The van der Waals surface area contributed by atoms with Crippen molar-refractivity contribution in [3.8, 4) is 5.69 Å². The molecule has 0 saturated heterocycles. The van der Waals surface area contributed by atoms with Crippen molar-refractivity contribution < 1.29 is 4.79 Å². The zero-order valence-corrected chi connectivity index (χ0v) is 19.3. The Bertz CT molecular complexity index is 1130. The first-order chi connectivity index (χ1) is 14.9. The quantitative estimate of drug-likeness (QED) is 0.485. The minimum absolute atomic E-state index is 0.103. The lowest BCUT2D eigenvalue weighted by atomic mass is 10.1. The molecule has 0 spiro atoms. The third-order valence-corrected chi connectivity index (χ3v) is 5.93. The number of amides is 1. The summed E-state index contributed by atoms with van der Waals surface area (Å²) in [6.07, 6.45) is 3.21. The summed E-state index contributed by atoms with van der Waals surface area (Å²) in [5.41, 5.74) is 3.62. The summed E-state index contributed by atoms with van der Waals surface area (Å²) in [6.45, 7) is 10.9. The van der Waals surface area contributed by atoms with Crippen LogP contribution in [0.15, 0.2) is 47.3 Å². The van der Waals surface area contributed by atoms with Gasteiger partial charge in [-0.1, -0.05) is 38.5 Å². The molecule has 0 aliphatic rings. The van der Waals surface area contributed by atoms with Crippen molar-refractivity contribution in [1.29, 1.82) is 0 Å². The number of aryl methyl sites for hydroxylation is 2. The second kappa shape index (κ2) is 9.90. The molecule has 3 aromatic rings. The fourth-order valence-corrected chi connectivity index (χ4v) is 3.90. The molecule has 0 bridgehead atoms. The van der Waals surface area contributed by atoms with Crippen LogP contribution < -0.4 is 5.56 Å². The molecule has 31 heavy (non-hydrogen) atoms. The van der Waals surface area contributed by atoms with Crippen LogP contribution in [0.3, 0.4) is 0 Å². The minimum atomic E-state index is -0.315. The molecule has 0 radical (unpaired) electrons. The van der Waals surface area contributed by atoms with E-state index in [1.54, 1.807) is 4.57 Å². The highest BCUT2D eigenvalue weighted by Crippen LogP contribution is 2.25. The van der Waals surface area contributed by atoms with E-state index in [0.29, 0.717) is 29.7 Å². The minimum Gasteiger partial charge on any atom is -0.333 e. The first-order valence-electron chi connectivity index (χ1n) is 11.3. The highest BCUT2D eigenvalue weighted by atomic mass is 16.2. The predicted molar refractivity (Wildman–Crippen MR) is 127 cm³/mol. The largest absolute Gasteiger partial charge is 0.333 e. The van der Waals surface area contributed by atoms with E-state index in [1.165, 1.54) is 5.56 Å². The summed E-state index contributed by atoms with van der Waals surface area (Å²) in [5, 5.41) is 0.580. The molecule has 0 N–H and O–H groups in total. The smallest absolute Gasteiger partial charge is 0.266 e. The molecule has 1 heterocycles. The maximum Gasteiger partial charge on any atom is 0.266 e. The molecule has 5 nitrogen and oxygen atoms in total. The van der Waals surface area contributed by atoms with Crippen LogP contribution in [0.4, 0.5) is 0 Å². The number of unbranched alkanes of at least 4 members (excludes halogenated alkanes) is 1.